The standard InChI is InChI=1S/C16H15ClN2O3/c1-11(12-6-8-14(9-7-12)19(21)22)16(20)18-10-13-4-2-3-5-15(13)17/h2-9,11H,10H2,1H3,(H,18,20)/t11-/m0/s1. The Morgan fingerprint density at radius 2 is 1.86 bits per heavy atom. The van der Waals surface area contributed by atoms with Crippen LogP contribution >= 0.6 is 11.6 Å². The lowest BCUT2D eigenvalue weighted by Crippen LogP contribution is -2.27. The molecule has 0 aliphatic carbocycles. The first-order valence-corrected chi connectivity index (χ1v) is 7.12. The molecule has 2 rings (SSSR count). The Balaban J connectivity index is 2.00. The van der Waals surface area contributed by atoms with E-state index in [4.69, 9.17) is 11.6 Å². The maximum atomic E-state index is 12.2. The van der Waals surface area contributed by atoms with Gasteiger partial charge < -0.3 is 5.32 Å². The fourth-order valence-corrected chi connectivity index (χ4v) is 2.22. The van der Waals surface area contributed by atoms with Crippen LogP contribution in [0, 0.1) is 10.1 Å². The van der Waals surface area contributed by atoms with Gasteiger partial charge in [0.15, 0.2) is 0 Å². The highest BCUT2D eigenvalue weighted by atomic mass is 35.5. The first-order chi connectivity index (χ1) is 10.5. The van der Waals surface area contributed by atoms with Gasteiger partial charge in [0.2, 0.25) is 5.91 Å². The van der Waals surface area contributed by atoms with Crippen LogP contribution in [0.15, 0.2) is 48.5 Å². The average Bonchev–Trinajstić information content (AvgIpc) is 2.53. The number of halogens is 1. The fraction of sp³-hybridized carbons (Fsp3) is 0.188. The molecule has 2 aromatic carbocycles. The van der Waals surface area contributed by atoms with E-state index in [9.17, 15) is 14.9 Å². The van der Waals surface area contributed by atoms with Gasteiger partial charge >= 0.3 is 0 Å². The number of nitrogens with zero attached hydrogens (tertiary/aromatic N) is 1. The van der Waals surface area contributed by atoms with Crippen LogP contribution in [0.1, 0.15) is 24.0 Å². The van der Waals surface area contributed by atoms with Crippen molar-refractivity contribution in [3.63, 3.8) is 0 Å². The summed E-state index contributed by atoms with van der Waals surface area (Å²) >= 11 is 6.04. The summed E-state index contributed by atoms with van der Waals surface area (Å²) in [6.45, 7) is 2.10. The molecule has 0 aromatic heterocycles. The lowest BCUT2D eigenvalue weighted by Gasteiger charge is -2.13. The molecule has 2 aromatic rings. The highest BCUT2D eigenvalue weighted by molar-refractivity contribution is 6.31. The molecule has 0 saturated heterocycles. The Morgan fingerprint density at radius 1 is 1.23 bits per heavy atom. The van der Waals surface area contributed by atoms with Gasteiger partial charge in [-0.05, 0) is 24.1 Å². The van der Waals surface area contributed by atoms with Gasteiger partial charge in [-0.15, -0.1) is 0 Å². The fourth-order valence-electron chi connectivity index (χ4n) is 2.01. The molecular formula is C16H15ClN2O3. The number of nitro benzene ring substituents is 1. The highest BCUT2D eigenvalue weighted by Crippen LogP contribution is 2.20. The largest absolute Gasteiger partial charge is 0.351 e. The molecule has 0 saturated carbocycles. The Labute approximate surface area is 133 Å². The van der Waals surface area contributed by atoms with Crippen LogP contribution in [-0.2, 0) is 11.3 Å². The molecule has 0 aliphatic rings. The monoisotopic (exact) mass is 318 g/mol. The summed E-state index contributed by atoms with van der Waals surface area (Å²) in [6.07, 6.45) is 0. The van der Waals surface area contributed by atoms with Crippen molar-refractivity contribution in [1.29, 1.82) is 0 Å². The van der Waals surface area contributed by atoms with Crippen molar-refractivity contribution in [2.24, 2.45) is 0 Å². The summed E-state index contributed by atoms with van der Waals surface area (Å²) in [6, 6.07) is 13.3. The van der Waals surface area contributed by atoms with Gasteiger partial charge in [0.1, 0.15) is 0 Å². The number of nitro groups is 1. The molecule has 5 nitrogen and oxygen atoms in total. The van der Waals surface area contributed by atoms with Crippen molar-refractivity contribution in [2.45, 2.75) is 19.4 Å². The van der Waals surface area contributed by atoms with E-state index in [1.807, 2.05) is 18.2 Å². The molecule has 0 unspecified atom stereocenters. The van der Waals surface area contributed by atoms with E-state index in [1.165, 1.54) is 12.1 Å². The topological polar surface area (TPSA) is 72.2 Å². The van der Waals surface area contributed by atoms with E-state index in [2.05, 4.69) is 5.32 Å². The molecule has 6 heteroatoms. The number of hydrogen-bond donors (Lipinski definition) is 1. The third kappa shape index (κ3) is 3.83. The Hall–Kier alpha value is -2.40. The zero-order chi connectivity index (χ0) is 16.1. The normalized spacial score (nSPS) is 11.7. The molecule has 0 heterocycles. The van der Waals surface area contributed by atoms with Gasteiger partial charge in [-0.2, -0.15) is 0 Å². The van der Waals surface area contributed by atoms with Gasteiger partial charge in [-0.25, -0.2) is 0 Å². The molecule has 1 atom stereocenters. The molecular weight excluding hydrogens is 304 g/mol. The number of nitrogens with one attached hydrogen (secondary N) is 1. The first kappa shape index (κ1) is 16.0. The maximum absolute atomic E-state index is 12.2. The molecule has 0 bridgehead atoms. The quantitative estimate of drug-likeness (QED) is 0.675. The van der Waals surface area contributed by atoms with Gasteiger partial charge in [0.25, 0.3) is 5.69 Å². The summed E-state index contributed by atoms with van der Waals surface area (Å²) in [5.41, 5.74) is 1.57. The molecule has 0 spiro atoms. The minimum atomic E-state index is -0.466. The van der Waals surface area contributed by atoms with Crippen molar-refractivity contribution < 1.29 is 9.72 Å². The van der Waals surface area contributed by atoms with Crippen LogP contribution in [0.2, 0.25) is 5.02 Å². The van der Waals surface area contributed by atoms with Crippen LogP contribution in [0.3, 0.4) is 0 Å². The van der Waals surface area contributed by atoms with E-state index in [1.54, 1.807) is 25.1 Å². The highest BCUT2D eigenvalue weighted by Gasteiger charge is 2.16. The first-order valence-electron chi connectivity index (χ1n) is 6.74. The van der Waals surface area contributed by atoms with E-state index >= 15 is 0 Å². The van der Waals surface area contributed by atoms with Crippen LogP contribution < -0.4 is 5.32 Å². The molecule has 0 aliphatic heterocycles. The Bertz CT molecular complexity index is 686. The van der Waals surface area contributed by atoms with Gasteiger partial charge in [-0.1, -0.05) is 41.9 Å². The number of rotatable bonds is 5. The number of hydrogen-bond acceptors (Lipinski definition) is 3. The maximum Gasteiger partial charge on any atom is 0.269 e. The Morgan fingerprint density at radius 3 is 2.45 bits per heavy atom. The zero-order valence-corrected chi connectivity index (χ0v) is 12.7. The van der Waals surface area contributed by atoms with Crippen molar-refractivity contribution in [3.8, 4) is 0 Å². The van der Waals surface area contributed by atoms with Crippen LogP contribution in [0.5, 0.6) is 0 Å². The average molecular weight is 319 g/mol. The summed E-state index contributed by atoms with van der Waals surface area (Å²) in [5.74, 6) is -0.558. The van der Waals surface area contributed by atoms with Crippen LogP contribution in [0.4, 0.5) is 5.69 Å². The van der Waals surface area contributed by atoms with Crippen molar-refractivity contribution in [3.05, 3.63) is 74.8 Å². The van der Waals surface area contributed by atoms with Crippen molar-refractivity contribution in [1.82, 2.24) is 5.32 Å². The summed E-state index contributed by atoms with van der Waals surface area (Å²) in [4.78, 5) is 22.3. The lowest BCUT2D eigenvalue weighted by molar-refractivity contribution is -0.384. The van der Waals surface area contributed by atoms with Gasteiger partial charge in [-0.3, -0.25) is 14.9 Å². The van der Waals surface area contributed by atoms with Crippen molar-refractivity contribution in [2.75, 3.05) is 0 Å². The summed E-state index contributed by atoms with van der Waals surface area (Å²) in [7, 11) is 0. The molecule has 1 amide bonds. The van der Waals surface area contributed by atoms with Crippen molar-refractivity contribution >= 4 is 23.2 Å². The second-order valence-electron chi connectivity index (χ2n) is 4.88. The second kappa shape index (κ2) is 7.04. The third-order valence-electron chi connectivity index (χ3n) is 3.41. The molecule has 0 fully saturated rings. The zero-order valence-electron chi connectivity index (χ0n) is 12.0. The number of non-ortho nitro benzene ring substituents is 1. The predicted molar refractivity (Wildman–Crippen MR) is 84.8 cm³/mol. The van der Waals surface area contributed by atoms with Crippen LogP contribution in [0.25, 0.3) is 0 Å². The van der Waals surface area contributed by atoms with E-state index < -0.39 is 10.8 Å². The minimum absolute atomic E-state index is 0.00688. The van der Waals surface area contributed by atoms with Gasteiger partial charge in [0, 0.05) is 23.7 Å². The lowest BCUT2D eigenvalue weighted by atomic mass is 10.00. The molecule has 1 N–H and O–H groups in total. The third-order valence-corrected chi connectivity index (χ3v) is 3.78. The van der Waals surface area contributed by atoms with Gasteiger partial charge in [0.05, 0.1) is 10.8 Å². The van der Waals surface area contributed by atoms with Crippen LogP contribution in [-0.4, -0.2) is 10.8 Å². The van der Waals surface area contributed by atoms with E-state index in [0.29, 0.717) is 11.6 Å². The number of carbonyl (C=O) groups excluding carboxylic acids is 1. The van der Waals surface area contributed by atoms with E-state index in [0.717, 1.165) is 11.1 Å². The SMILES string of the molecule is C[C@H](C(=O)NCc1ccccc1Cl)c1ccc([N+](=O)[O-])cc1. The Kier molecular flexibility index (Phi) is 5.12. The van der Waals surface area contributed by atoms with E-state index in [-0.39, 0.29) is 11.6 Å². The number of amides is 1. The number of carbonyl (C=O) groups is 1. The summed E-state index contributed by atoms with van der Waals surface area (Å²) < 4.78 is 0. The predicted octanol–water partition coefficient (Wildman–Crippen LogP) is 3.67. The summed E-state index contributed by atoms with van der Waals surface area (Å²) in [5, 5.41) is 14.0. The minimum Gasteiger partial charge on any atom is -0.351 e. The second-order valence-corrected chi connectivity index (χ2v) is 5.29. The molecule has 114 valence electrons. The molecule has 0 radical (unpaired) electrons. The number of benzene rings is 2. The molecule has 22 heavy (non-hydrogen) atoms. The smallest absolute Gasteiger partial charge is 0.269 e.